The number of hydroxylamine groups is 2. The van der Waals surface area contributed by atoms with Crippen molar-refractivity contribution in [1.82, 2.24) is 5.06 Å². The maximum absolute atomic E-state index is 9.74. The average Bonchev–Trinajstić information content (AvgIpc) is 1.83. The Morgan fingerprint density at radius 2 is 2.38 bits per heavy atom. The smallest absolute Gasteiger partial charge is 0.121 e. The lowest BCUT2D eigenvalue weighted by molar-refractivity contribution is -0.120. The Morgan fingerprint density at radius 1 is 1.75 bits per heavy atom. The Bertz CT molecular complexity index is 65.4. The zero-order valence-corrected chi connectivity index (χ0v) is 5.26. The summed E-state index contributed by atoms with van der Waals surface area (Å²) < 4.78 is 0. The first-order valence-electron chi connectivity index (χ1n) is 2.50. The van der Waals surface area contributed by atoms with Gasteiger partial charge in [0.2, 0.25) is 0 Å². The van der Waals surface area contributed by atoms with Crippen LogP contribution in [0, 0.1) is 0 Å². The van der Waals surface area contributed by atoms with Crippen LogP contribution in [0.25, 0.3) is 0 Å². The molecule has 0 spiro atoms. The highest BCUT2D eigenvalue weighted by Crippen LogP contribution is 1.81. The van der Waals surface area contributed by atoms with Crippen molar-refractivity contribution >= 4 is 6.29 Å². The highest BCUT2D eigenvalue weighted by atomic mass is 16.7. The van der Waals surface area contributed by atoms with Crippen molar-refractivity contribution in [2.24, 2.45) is 0 Å². The molecule has 48 valence electrons. The zero-order valence-electron chi connectivity index (χ0n) is 5.26. The molecule has 0 aromatic rings. The molecule has 0 bridgehead atoms. The highest BCUT2D eigenvalue weighted by Gasteiger charge is 1.90. The van der Waals surface area contributed by atoms with E-state index in [1.165, 1.54) is 0 Å². The van der Waals surface area contributed by atoms with E-state index in [-0.39, 0.29) is 0 Å². The summed E-state index contributed by atoms with van der Waals surface area (Å²) in [7, 11) is 3.36. The van der Waals surface area contributed by atoms with E-state index < -0.39 is 0 Å². The normalized spacial score (nSPS) is 9.88. The standard InChI is InChI=1S/C5H11NO2/c1-6(8-2)4-3-5-7/h5H,3-4H2,1-2H3. The molecule has 0 atom stereocenters. The lowest BCUT2D eigenvalue weighted by Gasteiger charge is -2.09. The number of rotatable bonds is 4. The maximum Gasteiger partial charge on any atom is 0.121 e. The van der Waals surface area contributed by atoms with Crippen LogP contribution in [0.5, 0.6) is 0 Å². The molecule has 0 heterocycles. The van der Waals surface area contributed by atoms with Crippen LogP contribution in [0.3, 0.4) is 0 Å². The fourth-order valence-electron chi connectivity index (χ4n) is 0.326. The second kappa shape index (κ2) is 4.74. The van der Waals surface area contributed by atoms with Crippen molar-refractivity contribution in [2.45, 2.75) is 6.42 Å². The minimum absolute atomic E-state index is 0.532. The van der Waals surface area contributed by atoms with Crippen molar-refractivity contribution in [3.8, 4) is 0 Å². The van der Waals surface area contributed by atoms with E-state index in [9.17, 15) is 4.79 Å². The van der Waals surface area contributed by atoms with Crippen LogP contribution < -0.4 is 0 Å². The number of nitrogens with zero attached hydrogens (tertiary/aromatic N) is 1. The largest absolute Gasteiger partial charge is 0.303 e. The number of carbonyl (C=O) groups excluding carboxylic acids is 1. The first-order chi connectivity index (χ1) is 3.81. The first kappa shape index (κ1) is 7.59. The fraction of sp³-hybridized carbons (Fsp3) is 0.800. The average molecular weight is 117 g/mol. The summed E-state index contributed by atoms with van der Waals surface area (Å²) in [5.41, 5.74) is 0. The Morgan fingerprint density at radius 3 is 2.75 bits per heavy atom. The van der Waals surface area contributed by atoms with Crippen molar-refractivity contribution in [1.29, 1.82) is 0 Å². The van der Waals surface area contributed by atoms with Gasteiger partial charge in [-0.1, -0.05) is 0 Å². The predicted octanol–water partition coefficient (Wildman–Crippen LogP) is 0.0686. The topological polar surface area (TPSA) is 29.5 Å². The zero-order chi connectivity index (χ0) is 6.41. The molecule has 0 aromatic heterocycles. The monoisotopic (exact) mass is 117 g/mol. The molecular formula is C5H11NO2. The second-order valence-corrected chi connectivity index (χ2v) is 1.49. The summed E-state index contributed by atoms with van der Waals surface area (Å²) in [5.74, 6) is 0. The fourth-order valence-corrected chi connectivity index (χ4v) is 0.326. The third-order valence-corrected chi connectivity index (χ3v) is 0.874. The minimum Gasteiger partial charge on any atom is -0.303 e. The predicted molar refractivity (Wildman–Crippen MR) is 30.3 cm³/mol. The van der Waals surface area contributed by atoms with Gasteiger partial charge in [-0.25, -0.2) is 0 Å². The molecule has 0 aliphatic carbocycles. The summed E-state index contributed by atoms with van der Waals surface area (Å²) in [5, 5.41) is 1.61. The highest BCUT2D eigenvalue weighted by molar-refractivity contribution is 5.49. The third-order valence-electron chi connectivity index (χ3n) is 0.874. The van der Waals surface area contributed by atoms with E-state index in [1.54, 1.807) is 19.2 Å². The minimum atomic E-state index is 0.532. The summed E-state index contributed by atoms with van der Waals surface area (Å²) in [6, 6.07) is 0. The molecule has 0 amide bonds. The summed E-state index contributed by atoms with van der Waals surface area (Å²) in [4.78, 5) is 14.5. The van der Waals surface area contributed by atoms with Crippen molar-refractivity contribution in [2.75, 3.05) is 20.7 Å². The van der Waals surface area contributed by atoms with Crippen LogP contribution in [0.15, 0.2) is 0 Å². The van der Waals surface area contributed by atoms with E-state index in [4.69, 9.17) is 4.84 Å². The van der Waals surface area contributed by atoms with Crippen molar-refractivity contribution in [3.05, 3.63) is 0 Å². The van der Waals surface area contributed by atoms with Gasteiger partial charge in [-0.15, -0.1) is 0 Å². The van der Waals surface area contributed by atoms with Crippen molar-refractivity contribution in [3.63, 3.8) is 0 Å². The SMILES string of the molecule is CON(C)CCC=O. The van der Waals surface area contributed by atoms with E-state index in [0.29, 0.717) is 13.0 Å². The Kier molecular flexibility index (Phi) is 4.50. The molecule has 8 heavy (non-hydrogen) atoms. The van der Waals surface area contributed by atoms with Crippen molar-refractivity contribution < 1.29 is 9.63 Å². The maximum atomic E-state index is 9.74. The molecule has 0 aromatic carbocycles. The summed E-state index contributed by atoms with van der Waals surface area (Å²) in [6.45, 7) is 0.667. The van der Waals surface area contributed by atoms with Crippen LogP contribution in [0.4, 0.5) is 0 Å². The molecule has 3 nitrogen and oxygen atoms in total. The molecule has 0 N–H and O–H groups in total. The molecular weight excluding hydrogens is 106 g/mol. The molecule has 0 aliphatic rings. The van der Waals surface area contributed by atoms with E-state index in [2.05, 4.69) is 0 Å². The number of carbonyl (C=O) groups is 1. The first-order valence-corrected chi connectivity index (χ1v) is 2.50. The van der Waals surface area contributed by atoms with E-state index >= 15 is 0 Å². The van der Waals surface area contributed by atoms with E-state index in [0.717, 1.165) is 6.29 Å². The van der Waals surface area contributed by atoms with Gasteiger partial charge in [-0.2, -0.15) is 5.06 Å². The molecule has 0 radical (unpaired) electrons. The van der Waals surface area contributed by atoms with Crippen LogP contribution in [0.2, 0.25) is 0 Å². The van der Waals surface area contributed by atoms with Crippen LogP contribution in [-0.2, 0) is 9.63 Å². The number of hydrogen-bond donors (Lipinski definition) is 0. The number of hydrogen-bond acceptors (Lipinski definition) is 3. The Labute approximate surface area is 49.2 Å². The molecule has 3 heteroatoms. The third kappa shape index (κ3) is 3.77. The molecule has 0 saturated carbocycles. The Balaban J connectivity index is 2.97. The van der Waals surface area contributed by atoms with Crippen LogP contribution in [-0.4, -0.2) is 32.1 Å². The molecule has 0 aliphatic heterocycles. The van der Waals surface area contributed by atoms with Gasteiger partial charge in [0, 0.05) is 20.0 Å². The van der Waals surface area contributed by atoms with Gasteiger partial charge in [0.05, 0.1) is 7.11 Å². The van der Waals surface area contributed by atoms with Crippen LogP contribution in [0.1, 0.15) is 6.42 Å². The van der Waals surface area contributed by atoms with Gasteiger partial charge in [0.25, 0.3) is 0 Å². The Hall–Kier alpha value is -0.410. The summed E-state index contributed by atoms with van der Waals surface area (Å²) >= 11 is 0. The van der Waals surface area contributed by atoms with Gasteiger partial charge < -0.3 is 9.63 Å². The quantitative estimate of drug-likeness (QED) is 0.385. The molecule has 0 fully saturated rings. The lowest BCUT2D eigenvalue weighted by atomic mass is 10.5. The number of aldehydes is 1. The van der Waals surface area contributed by atoms with Gasteiger partial charge in [-0.3, -0.25) is 0 Å². The molecule has 0 unspecified atom stereocenters. The van der Waals surface area contributed by atoms with Gasteiger partial charge in [-0.05, 0) is 0 Å². The van der Waals surface area contributed by atoms with E-state index in [1.807, 2.05) is 0 Å². The summed E-state index contributed by atoms with van der Waals surface area (Å²) in [6.07, 6.45) is 1.40. The van der Waals surface area contributed by atoms with Gasteiger partial charge in [0.15, 0.2) is 0 Å². The molecule has 0 saturated heterocycles. The van der Waals surface area contributed by atoms with Gasteiger partial charge in [0.1, 0.15) is 6.29 Å². The molecule has 0 rings (SSSR count). The lowest BCUT2D eigenvalue weighted by Crippen LogP contribution is -2.17. The van der Waals surface area contributed by atoms with Gasteiger partial charge >= 0.3 is 0 Å². The second-order valence-electron chi connectivity index (χ2n) is 1.49. The van der Waals surface area contributed by atoms with Crippen LogP contribution >= 0.6 is 0 Å².